The Bertz CT molecular complexity index is 1240. The van der Waals surface area contributed by atoms with Gasteiger partial charge in [-0.1, -0.05) is 145 Å². The quantitative estimate of drug-likeness (QED) is 0.0135. The Balaban J connectivity index is 4.72. The van der Waals surface area contributed by atoms with Crippen molar-refractivity contribution in [2.75, 3.05) is 47.5 Å². The van der Waals surface area contributed by atoms with E-state index in [9.17, 15) is 34.4 Å². The average molecular weight is 856 g/mol. The van der Waals surface area contributed by atoms with E-state index in [1.165, 1.54) is 44.6 Å². The van der Waals surface area contributed by atoms with E-state index < -0.39 is 50.8 Å². The van der Waals surface area contributed by atoms with Gasteiger partial charge in [0.15, 0.2) is 6.10 Å². The summed E-state index contributed by atoms with van der Waals surface area (Å²) >= 11 is 0. The molecule has 0 radical (unpaired) electrons. The SMILES string of the molecule is CCCCCCCC/C=C\CCCCCCCC(=O)OC[C@H](COP(=O)([O-])OCC[N+](C)(C)C)OC(=O)CCC[C@H](O)[C@@H](O)/C=C/C=C/C=C\C=C\[C@@H](O)CCCCC. The number of hydrogen-bond donors (Lipinski definition) is 3. The maximum absolute atomic E-state index is 12.7. The number of aliphatic hydroxyl groups is 3. The molecule has 0 aromatic heterocycles. The molecule has 0 saturated heterocycles. The van der Waals surface area contributed by atoms with Crippen LogP contribution in [0.25, 0.3) is 0 Å². The van der Waals surface area contributed by atoms with Crippen molar-refractivity contribution in [3.05, 3.63) is 60.8 Å². The van der Waals surface area contributed by atoms with E-state index in [2.05, 4.69) is 26.0 Å². The van der Waals surface area contributed by atoms with Gasteiger partial charge in [0.05, 0.1) is 46.1 Å². The second-order valence-electron chi connectivity index (χ2n) is 16.3. The molecule has 3 N–H and O–H groups in total. The predicted octanol–water partition coefficient (Wildman–Crippen LogP) is 8.74. The summed E-state index contributed by atoms with van der Waals surface area (Å²) < 4.78 is 33.6. The summed E-state index contributed by atoms with van der Waals surface area (Å²) in [5, 5.41) is 30.6. The van der Waals surface area contributed by atoms with E-state index in [1.807, 2.05) is 21.1 Å². The number of aliphatic hydroxyl groups excluding tert-OH is 3. The van der Waals surface area contributed by atoms with Crippen LogP contribution in [0.2, 0.25) is 0 Å². The molecule has 0 aliphatic heterocycles. The number of carbonyl (C=O) groups is 2. The molecule has 0 bridgehead atoms. The number of quaternary nitrogens is 1. The Kier molecular flexibility index (Phi) is 35.8. The van der Waals surface area contributed by atoms with Crippen molar-refractivity contribution in [1.29, 1.82) is 0 Å². The van der Waals surface area contributed by atoms with Crippen molar-refractivity contribution in [2.24, 2.45) is 0 Å². The van der Waals surface area contributed by atoms with Gasteiger partial charge in [-0.25, -0.2) is 0 Å². The molecule has 12 nitrogen and oxygen atoms in total. The molecule has 0 aliphatic carbocycles. The van der Waals surface area contributed by atoms with Gasteiger partial charge in [0, 0.05) is 12.8 Å². The van der Waals surface area contributed by atoms with Crippen LogP contribution in [-0.4, -0.2) is 104 Å². The molecule has 342 valence electrons. The van der Waals surface area contributed by atoms with E-state index >= 15 is 0 Å². The lowest BCUT2D eigenvalue weighted by molar-refractivity contribution is -0.870. The van der Waals surface area contributed by atoms with E-state index in [4.69, 9.17) is 18.5 Å². The van der Waals surface area contributed by atoms with Crippen LogP contribution in [0.15, 0.2) is 60.8 Å². The number of carbonyl (C=O) groups excluding carboxylic acids is 2. The number of rotatable bonds is 39. The van der Waals surface area contributed by atoms with Crippen LogP contribution in [0.1, 0.15) is 149 Å². The number of phosphoric acid groups is 1. The lowest BCUT2D eigenvalue weighted by Gasteiger charge is -2.28. The first-order chi connectivity index (χ1) is 28.2. The standard InChI is InChI=1S/C46H82NO11P/c1-6-8-10-11-12-13-14-15-16-17-18-19-20-25-29-35-45(51)55-39-42(40-57-59(53,54)56-38-37-47(3,4)5)58-46(52)36-30-34-44(50)43(49)33-28-24-22-21-23-27-32-41(48)31-26-9-7-2/h15-16,21-24,27-28,32-33,41-44,48-50H,6-14,17-20,25-26,29-31,34-40H2,1-5H3/b16-15-,23-21-,24-22+,32-27+,33-28+/t41-,42+,43-,44-/m0/s1. The lowest BCUT2D eigenvalue weighted by Crippen LogP contribution is -2.37. The number of hydrogen-bond acceptors (Lipinski definition) is 11. The number of unbranched alkanes of at least 4 members (excludes halogenated alkanes) is 13. The maximum Gasteiger partial charge on any atom is 0.306 e. The summed E-state index contributed by atoms with van der Waals surface area (Å²) in [4.78, 5) is 37.6. The van der Waals surface area contributed by atoms with Gasteiger partial charge >= 0.3 is 11.9 Å². The summed E-state index contributed by atoms with van der Waals surface area (Å²) in [5.74, 6) is -1.18. The van der Waals surface area contributed by atoms with Gasteiger partial charge in [-0.3, -0.25) is 14.2 Å². The first-order valence-electron chi connectivity index (χ1n) is 22.3. The number of ether oxygens (including phenoxy) is 2. The minimum absolute atomic E-state index is 0.0948. The van der Waals surface area contributed by atoms with E-state index in [1.54, 1.807) is 42.5 Å². The molecule has 0 amide bonds. The highest BCUT2D eigenvalue weighted by Crippen LogP contribution is 2.38. The zero-order valence-electron chi connectivity index (χ0n) is 37.3. The molecule has 0 aromatic rings. The molecule has 0 aromatic carbocycles. The summed E-state index contributed by atoms with van der Waals surface area (Å²) in [6.07, 6.45) is 33.3. The van der Waals surface area contributed by atoms with Crippen LogP contribution in [-0.2, 0) is 32.7 Å². The Morgan fingerprint density at radius 1 is 0.644 bits per heavy atom. The van der Waals surface area contributed by atoms with Crippen molar-refractivity contribution in [3.8, 4) is 0 Å². The smallest absolute Gasteiger partial charge is 0.306 e. The zero-order chi connectivity index (χ0) is 44.0. The fourth-order valence-electron chi connectivity index (χ4n) is 5.68. The van der Waals surface area contributed by atoms with Crippen LogP contribution in [0, 0.1) is 0 Å². The highest BCUT2D eigenvalue weighted by atomic mass is 31.2. The third-order valence-electron chi connectivity index (χ3n) is 9.38. The maximum atomic E-state index is 12.7. The van der Waals surface area contributed by atoms with E-state index in [0.29, 0.717) is 17.4 Å². The van der Waals surface area contributed by atoms with Crippen molar-refractivity contribution < 1.29 is 57.4 Å². The first-order valence-corrected chi connectivity index (χ1v) is 23.8. The first kappa shape index (κ1) is 56.6. The summed E-state index contributed by atoms with van der Waals surface area (Å²) in [6, 6.07) is 0. The van der Waals surface area contributed by atoms with Crippen molar-refractivity contribution in [2.45, 2.75) is 173 Å². The third-order valence-corrected chi connectivity index (χ3v) is 10.3. The molecule has 0 aliphatic rings. The molecule has 0 saturated carbocycles. The summed E-state index contributed by atoms with van der Waals surface area (Å²) in [5.41, 5.74) is 0. The highest BCUT2D eigenvalue weighted by molar-refractivity contribution is 7.45. The summed E-state index contributed by atoms with van der Waals surface area (Å²) in [6.45, 7) is 3.69. The monoisotopic (exact) mass is 856 g/mol. The van der Waals surface area contributed by atoms with Gasteiger partial charge < -0.3 is 43.2 Å². The fraction of sp³-hybridized carbons (Fsp3) is 0.739. The minimum atomic E-state index is -4.73. The highest BCUT2D eigenvalue weighted by Gasteiger charge is 2.22. The van der Waals surface area contributed by atoms with Gasteiger partial charge in [-0.15, -0.1) is 0 Å². The van der Waals surface area contributed by atoms with Crippen LogP contribution >= 0.6 is 7.82 Å². The van der Waals surface area contributed by atoms with Gasteiger partial charge in [0.25, 0.3) is 7.82 Å². The lowest BCUT2D eigenvalue weighted by atomic mass is 10.1. The van der Waals surface area contributed by atoms with E-state index in [0.717, 1.165) is 64.2 Å². The summed E-state index contributed by atoms with van der Waals surface area (Å²) in [7, 11) is 0.936. The average Bonchev–Trinajstić information content (AvgIpc) is 3.17. The largest absolute Gasteiger partial charge is 0.756 e. The van der Waals surface area contributed by atoms with Gasteiger partial charge in [-0.05, 0) is 51.4 Å². The van der Waals surface area contributed by atoms with Crippen molar-refractivity contribution in [3.63, 3.8) is 0 Å². The molecular formula is C46H82NO11P. The minimum Gasteiger partial charge on any atom is -0.756 e. The zero-order valence-corrected chi connectivity index (χ0v) is 38.2. The molecule has 0 heterocycles. The molecule has 0 spiro atoms. The number of nitrogens with zero attached hydrogens (tertiary/aromatic N) is 1. The molecule has 5 atom stereocenters. The Morgan fingerprint density at radius 2 is 1.19 bits per heavy atom. The molecule has 0 rings (SSSR count). The Hall–Kier alpha value is -2.41. The van der Waals surface area contributed by atoms with Crippen molar-refractivity contribution in [1.82, 2.24) is 0 Å². The van der Waals surface area contributed by atoms with Gasteiger partial charge in [-0.2, -0.15) is 0 Å². The van der Waals surface area contributed by atoms with Crippen molar-refractivity contribution >= 4 is 19.8 Å². The Labute approximate surface area is 357 Å². The van der Waals surface area contributed by atoms with Crippen LogP contribution in [0.5, 0.6) is 0 Å². The molecule has 0 fully saturated rings. The van der Waals surface area contributed by atoms with Crippen LogP contribution < -0.4 is 4.89 Å². The second kappa shape index (κ2) is 37.4. The molecule has 1 unspecified atom stereocenters. The normalized spacial score (nSPS) is 15.7. The van der Waals surface area contributed by atoms with Crippen LogP contribution in [0.3, 0.4) is 0 Å². The number of phosphoric ester groups is 1. The fourth-order valence-corrected chi connectivity index (χ4v) is 6.41. The number of allylic oxidation sites excluding steroid dienone is 8. The van der Waals surface area contributed by atoms with Crippen LogP contribution in [0.4, 0.5) is 0 Å². The van der Waals surface area contributed by atoms with Gasteiger partial charge in [0.1, 0.15) is 19.8 Å². The topological polar surface area (TPSA) is 172 Å². The molecular weight excluding hydrogens is 773 g/mol. The van der Waals surface area contributed by atoms with E-state index in [-0.39, 0.29) is 38.9 Å². The third kappa shape index (κ3) is 39.5. The Morgan fingerprint density at radius 3 is 1.81 bits per heavy atom. The number of likely N-dealkylation sites (N-methyl/N-ethyl adjacent to an activating group) is 1. The van der Waals surface area contributed by atoms with Gasteiger partial charge in [0.2, 0.25) is 0 Å². The number of esters is 2. The molecule has 13 heteroatoms. The second-order valence-corrected chi connectivity index (χ2v) is 17.7. The molecule has 59 heavy (non-hydrogen) atoms. The predicted molar refractivity (Wildman–Crippen MR) is 235 cm³/mol.